The molecule has 21 rings (SSSR count). The maximum absolute atomic E-state index is 2.86. The van der Waals surface area contributed by atoms with Crippen molar-refractivity contribution >= 4 is 113 Å². The Hall–Kier alpha value is -3.62. The highest BCUT2D eigenvalue weighted by molar-refractivity contribution is 14.1. The van der Waals surface area contributed by atoms with Gasteiger partial charge in [-0.2, -0.15) is 0 Å². The molecular weight excluding hydrogens is 1920 g/mol. The van der Waals surface area contributed by atoms with Gasteiger partial charge in [0.2, 0.25) is 0 Å². The molecule has 12 bridgehead atoms. The second-order valence-corrected chi connectivity index (χ2v) is 52.0. The van der Waals surface area contributed by atoms with Gasteiger partial charge in [0, 0.05) is 105 Å². The third kappa shape index (κ3) is 24.2. The largest absolute Gasteiger partial charge is 0.354 e. The maximum Gasteiger partial charge on any atom is 0.0989 e. The Morgan fingerprint density at radius 2 is 0.583 bits per heavy atom. The molecule has 0 radical (unpaired) electrons. The van der Waals surface area contributed by atoms with Crippen LogP contribution in [0.5, 0.6) is 0 Å². The number of nitrogens with zero attached hydrogens (tertiary/aromatic N) is 8. The summed E-state index contributed by atoms with van der Waals surface area (Å²) in [6.07, 6.45) is 47.6. The van der Waals surface area contributed by atoms with Gasteiger partial charge in [-0.1, -0.05) is 240 Å². The highest BCUT2D eigenvalue weighted by Gasteiger charge is 2.58. The Labute approximate surface area is 788 Å². The summed E-state index contributed by atoms with van der Waals surface area (Å²) >= 11 is 9.88. The van der Waals surface area contributed by atoms with Gasteiger partial charge in [-0.05, 0) is 385 Å². The van der Waals surface area contributed by atoms with Crippen LogP contribution in [-0.2, 0) is 0 Å². The van der Waals surface area contributed by atoms with Crippen LogP contribution in [0.3, 0.4) is 0 Å². The van der Waals surface area contributed by atoms with Crippen molar-refractivity contribution in [2.45, 2.75) is 362 Å². The third-order valence-corrected chi connectivity index (χ3v) is 32.8. The summed E-state index contributed by atoms with van der Waals surface area (Å²) in [5, 5.41) is 0. The molecule has 16 aliphatic rings. The van der Waals surface area contributed by atoms with Crippen molar-refractivity contribution in [1.82, 2.24) is 19.6 Å². The Balaban J connectivity index is 0.000000143. The van der Waals surface area contributed by atoms with Crippen LogP contribution in [-0.4, -0.2) is 79.7 Å². The fourth-order valence-electron chi connectivity index (χ4n) is 24.7. The van der Waals surface area contributed by atoms with Crippen molar-refractivity contribution in [2.24, 2.45) is 53.3 Å². The fraction of sp³-hybridized carbons (Fsp3) is 0.648. The van der Waals surface area contributed by atoms with E-state index in [-0.39, 0.29) is 11.1 Å². The van der Waals surface area contributed by atoms with Gasteiger partial charge >= 0.3 is 0 Å². The zero-order valence-electron chi connectivity index (χ0n) is 80.1. The van der Waals surface area contributed by atoms with Gasteiger partial charge in [0.15, 0.2) is 0 Å². The van der Waals surface area contributed by atoms with E-state index in [9.17, 15) is 0 Å². The molecule has 5 aromatic rings. The summed E-state index contributed by atoms with van der Waals surface area (Å²) in [6, 6.07) is 27.1. The zero-order valence-corrected chi connectivity index (χ0v) is 88.7. The van der Waals surface area contributed by atoms with Crippen LogP contribution in [0.4, 0.5) is 22.7 Å². The topological polar surface area (TPSA) is 25.9 Å². The van der Waals surface area contributed by atoms with E-state index in [1.807, 2.05) is 0 Å². The minimum atomic E-state index is 0.233. The molecule has 12 saturated carbocycles. The first kappa shape index (κ1) is 97.0. The highest BCUT2D eigenvalue weighted by atomic mass is 127. The van der Waals surface area contributed by atoms with E-state index in [1.54, 1.807) is 77.0 Å². The van der Waals surface area contributed by atoms with Gasteiger partial charge in [0.25, 0.3) is 0 Å². The van der Waals surface area contributed by atoms with E-state index < -0.39 is 0 Å². The Morgan fingerprint density at radius 3 is 0.800 bits per heavy atom. The Bertz CT molecular complexity index is 3930. The molecule has 4 aliphatic heterocycles. The number of alkyl halides is 3. The summed E-state index contributed by atoms with van der Waals surface area (Å²) in [4.78, 5) is 20.0. The summed E-state index contributed by atoms with van der Waals surface area (Å²) in [5.74, 6) is 11.8. The zero-order chi connectivity index (χ0) is 87.6. The van der Waals surface area contributed by atoms with Crippen LogP contribution in [0, 0.1) is 119 Å². The first-order valence-electron chi connectivity index (χ1n) is 47.2. The second kappa shape index (κ2) is 40.4. The lowest BCUT2D eigenvalue weighted by Gasteiger charge is -2.62. The average molecular weight is 2080 g/mol. The van der Waals surface area contributed by atoms with E-state index in [4.69, 9.17) is 0 Å². The number of benzene rings is 5. The normalized spacial score (nSPS) is 27.3. The van der Waals surface area contributed by atoms with Crippen molar-refractivity contribution in [1.29, 1.82) is 0 Å². The number of hydrogen-bond donors (Lipinski definition) is 0. The van der Waals surface area contributed by atoms with E-state index >= 15 is 0 Å². The molecule has 0 amide bonds. The molecule has 662 valence electrons. The molecule has 12 fully saturated rings. The summed E-state index contributed by atoms with van der Waals surface area (Å²) < 4.78 is 3.92. The average Bonchev–Trinajstić information content (AvgIpc) is 1.43. The first-order valence-corrected chi connectivity index (χ1v) is 52.0. The van der Waals surface area contributed by atoms with Crippen LogP contribution in [0.1, 0.15) is 343 Å². The SMILES string of the molecule is C1=CN(C23CC4CC(CC(C4)C2)C3)CN1C12CC3CC(CC(C3)C1)C2.CC(C)(C)I.CC(C)(C)N1C=CN(C(C)(C)C)C1.CC(C)c1cccc(C(C)C)c1N1C=CN(c2c(C(C)C)cccc2C(C)C)C1.CCCI.Cc1cc(C)c(I)c(C)c1.Cc1cc(C)c(N2C=CN(c3c(C)cc(C)cc3C)C2)c(C)c1.IC12CC3CC(CC(C3)C1)C2. The van der Waals surface area contributed by atoms with Crippen molar-refractivity contribution < 1.29 is 0 Å². The Morgan fingerprint density at radius 1 is 0.350 bits per heavy atom. The maximum atomic E-state index is 2.86. The van der Waals surface area contributed by atoms with Gasteiger partial charge in [0.1, 0.15) is 0 Å². The Kier molecular flexibility index (Phi) is 32.6. The van der Waals surface area contributed by atoms with Gasteiger partial charge in [-0.15, -0.1) is 0 Å². The lowest BCUT2D eigenvalue weighted by Crippen LogP contribution is -2.62. The molecule has 4 heterocycles. The van der Waals surface area contributed by atoms with E-state index in [0.717, 1.165) is 76.7 Å². The molecule has 12 heteroatoms. The molecule has 0 aromatic heterocycles. The fourth-order valence-corrected chi connectivity index (χ4v) is 26.9. The molecule has 0 unspecified atom stereocenters. The predicted octanol–water partition coefficient (Wildman–Crippen LogP) is 31.5. The van der Waals surface area contributed by atoms with Gasteiger partial charge in [-0.3, -0.25) is 0 Å². The van der Waals surface area contributed by atoms with Gasteiger partial charge in [-0.25, -0.2) is 0 Å². The number of rotatable bonds is 11. The third-order valence-electron chi connectivity index (χ3n) is 28.7. The minimum absolute atomic E-state index is 0.233. The van der Waals surface area contributed by atoms with E-state index in [1.165, 1.54) is 155 Å². The van der Waals surface area contributed by atoms with E-state index in [2.05, 4.69) is 439 Å². The molecule has 8 nitrogen and oxygen atoms in total. The first-order chi connectivity index (χ1) is 56.2. The quantitative estimate of drug-likeness (QED) is 0.0954. The monoisotopic (exact) mass is 2080 g/mol. The number of hydrogen-bond acceptors (Lipinski definition) is 8. The molecule has 0 saturated heterocycles. The predicted molar refractivity (Wildman–Crippen MR) is 556 cm³/mol. The van der Waals surface area contributed by atoms with Crippen molar-refractivity contribution in [3.63, 3.8) is 0 Å². The van der Waals surface area contributed by atoms with Crippen LogP contribution in [0.25, 0.3) is 0 Å². The number of halogens is 4. The van der Waals surface area contributed by atoms with Crippen molar-refractivity contribution in [3.05, 3.63) is 198 Å². The lowest BCUT2D eigenvalue weighted by atomic mass is 9.52. The molecular formula is C108H162I4N8. The lowest BCUT2D eigenvalue weighted by molar-refractivity contribution is -0.105. The highest BCUT2D eigenvalue weighted by Crippen LogP contribution is 2.62. The minimum Gasteiger partial charge on any atom is -0.354 e. The summed E-state index contributed by atoms with van der Waals surface area (Å²) in [5.41, 5.74) is 24.9. The molecule has 120 heavy (non-hydrogen) atoms. The van der Waals surface area contributed by atoms with Crippen LogP contribution >= 0.6 is 90.4 Å². The smallest absolute Gasteiger partial charge is 0.0989 e. The second-order valence-electron chi connectivity index (χ2n) is 44.4. The van der Waals surface area contributed by atoms with Crippen LogP contribution in [0.15, 0.2) is 122 Å². The molecule has 5 aromatic carbocycles. The van der Waals surface area contributed by atoms with Gasteiger partial charge in [0.05, 0.1) is 26.7 Å². The van der Waals surface area contributed by atoms with Gasteiger partial charge < -0.3 is 39.2 Å². The summed E-state index contributed by atoms with van der Waals surface area (Å²) in [6.45, 7) is 64.1. The number of anilines is 4. The number of aryl methyl sites for hydroxylation is 9. The van der Waals surface area contributed by atoms with Crippen molar-refractivity contribution in [3.8, 4) is 0 Å². The number of para-hydroxylation sites is 2. The summed E-state index contributed by atoms with van der Waals surface area (Å²) in [7, 11) is 0. The van der Waals surface area contributed by atoms with Crippen LogP contribution in [0.2, 0.25) is 0 Å². The molecule has 0 spiro atoms. The van der Waals surface area contributed by atoms with Crippen molar-refractivity contribution in [2.75, 3.05) is 50.7 Å². The molecule has 0 atom stereocenters. The molecule has 0 N–H and O–H groups in total. The standard InChI is InChI=1S/C27H38N2.C23H34N2.C21H26N2.C11H22N2.C10H15I.C9H11I.C4H9I.C3H7I/c1-18(2)22-11-9-12-23(19(3)4)26(22)28-15-16-29(17-28)27-24(20(5)6)13-10-14-25(27)21(7)8;1-2-25(23-12-19-6-20(13-23)8-21(7-19)14-23)15-24(1)22-9-16-3-17(10-22)5-18(4-16)11-22;1-14-9-16(3)20(17(4)10-14)22-7-8-23(13-22)21-18(5)11-15(2)12-19(21)6;1-10(2,3)12-7-8-13(9-12)11(4,5)6;11-10-4-7-1-8(5-10)3-9(2-7)6-10;1-6-4-7(2)9(10)8(3)5-6;1-4(2,3)5;1-2-3-4/h9-16,18-21H,17H2,1-8H3;1-2,16-21H,3-15H2;7-12H,13H2,1-6H3;7-8H,9H2,1-6H3;7-9H,1-6H2;4-5H,1-3H3;1-3H3;2-3H2,1H3. The molecule has 12 aliphatic carbocycles. The van der Waals surface area contributed by atoms with E-state index in [0.29, 0.717) is 38.2 Å². The van der Waals surface area contributed by atoms with Crippen LogP contribution < -0.4 is 19.6 Å².